The number of carbonyl (C=O) groups excluding carboxylic acids is 1. The van der Waals surface area contributed by atoms with E-state index >= 15 is 4.39 Å². The van der Waals surface area contributed by atoms with E-state index in [-0.39, 0.29) is 52.1 Å². The van der Waals surface area contributed by atoms with Gasteiger partial charge in [0.1, 0.15) is 5.82 Å². The number of aliphatic hydroxyl groups is 1. The lowest BCUT2D eigenvalue weighted by Gasteiger charge is -2.35. The summed E-state index contributed by atoms with van der Waals surface area (Å²) in [6, 6.07) is 13.6. The van der Waals surface area contributed by atoms with Gasteiger partial charge in [0.15, 0.2) is 25.4 Å². The minimum atomic E-state index is -3.87. The van der Waals surface area contributed by atoms with Crippen LogP contribution in [0.4, 0.5) is 4.39 Å². The molecule has 0 saturated heterocycles. The molecule has 1 heterocycles. The van der Waals surface area contributed by atoms with E-state index in [1.807, 2.05) is 0 Å². The molecule has 1 aliphatic heterocycles. The molecule has 1 aliphatic rings. The van der Waals surface area contributed by atoms with Crippen LogP contribution in [0.2, 0.25) is 15.1 Å². The Morgan fingerprint density at radius 1 is 0.889 bits per heavy atom. The van der Waals surface area contributed by atoms with Crippen LogP contribution in [0.25, 0.3) is 0 Å². The first-order chi connectivity index (χ1) is 20.9. The molecule has 45 heavy (non-hydrogen) atoms. The summed E-state index contributed by atoms with van der Waals surface area (Å²) in [7, 11) is -7.72. The third-order valence-electron chi connectivity index (χ3n) is 7.49. The lowest BCUT2D eigenvalue weighted by Crippen LogP contribution is -2.45. The van der Waals surface area contributed by atoms with Crippen LogP contribution in [-0.2, 0) is 31.9 Å². The van der Waals surface area contributed by atoms with Crippen molar-refractivity contribution in [2.45, 2.75) is 28.1 Å². The van der Waals surface area contributed by atoms with Crippen LogP contribution in [0, 0.1) is 5.82 Å². The molecule has 2 unspecified atom stereocenters. The molecule has 0 saturated carbocycles. The zero-order valence-corrected chi connectivity index (χ0v) is 28.8. The van der Waals surface area contributed by atoms with Crippen LogP contribution >= 0.6 is 50.7 Å². The Bertz CT molecular complexity index is 2120. The van der Waals surface area contributed by atoms with Crippen molar-refractivity contribution in [2.75, 3.05) is 12.5 Å². The number of benzene rings is 4. The SMILES string of the molecule is CS(=O)(=O)c1cc(Cl)ccc1CN1C(=O)c2cc(Br)c(C(N)c3ccc(Cl)cc3S(C)(=O)=O)c(F)c2C1(O)c1ccc(Cl)cc1. The number of amides is 1. The van der Waals surface area contributed by atoms with Crippen molar-refractivity contribution in [3.8, 4) is 0 Å². The Labute approximate surface area is 282 Å². The van der Waals surface area contributed by atoms with Crippen LogP contribution in [-0.4, -0.2) is 45.3 Å². The average molecular weight is 777 g/mol. The number of sulfone groups is 2. The summed E-state index contributed by atoms with van der Waals surface area (Å²) in [4.78, 5) is 14.5. The summed E-state index contributed by atoms with van der Waals surface area (Å²) < 4.78 is 67.5. The molecule has 0 bridgehead atoms. The van der Waals surface area contributed by atoms with E-state index in [2.05, 4.69) is 15.9 Å². The Hall–Kier alpha value is -2.55. The van der Waals surface area contributed by atoms with Crippen molar-refractivity contribution in [1.82, 2.24) is 4.90 Å². The second kappa shape index (κ2) is 11.9. The highest BCUT2D eigenvalue weighted by Gasteiger charge is 2.53. The van der Waals surface area contributed by atoms with Crippen molar-refractivity contribution in [3.05, 3.63) is 125 Å². The van der Waals surface area contributed by atoms with Gasteiger partial charge in [-0.2, -0.15) is 0 Å². The third kappa shape index (κ3) is 6.03. The van der Waals surface area contributed by atoms with Gasteiger partial charge in [-0.3, -0.25) is 9.69 Å². The van der Waals surface area contributed by atoms with Gasteiger partial charge in [-0.05, 0) is 53.6 Å². The van der Waals surface area contributed by atoms with Gasteiger partial charge in [0.2, 0.25) is 0 Å². The molecule has 5 rings (SSSR count). The van der Waals surface area contributed by atoms with E-state index in [1.54, 1.807) is 0 Å². The molecule has 2 atom stereocenters. The molecule has 0 aromatic heterocycles. The smallest absolute Gasteiger partial charge is 0.257 e. The van der Waals surface area contributed by atoms with Crippen molar-refractivity contribution < 1.29 is 31.1 Å². The maximum absolute atomic E-state index is 17.0. The monoisotopic (exact) mass is 774 g/mol. The number of carbonyl (C=O) groups is 1. The fraction of sp³-hybridized carbons (Fsp3) is 0.167. The highest BCUT2D eigenvalue weighted by molar-refractivity contribution is 9.10. The van der Waals surface area contributed by atoms with Crippen LogP contribution in [0.5, 0.6) is 0 Å². The fourth-order valence-electron chi connectivity index (χ4n) is 5.44. The zero-order chi connectivity index (χ0) is 33.2. The van der Waals surface area contributed by atoms with Crippen molar-refractivity contribution >= 4 is 76.3 Å². The van der Waals surface area contributed by atoms with Gasteiger partial charge in [0, 0.05) is 43.2 Å². The molecule has 0 aliphatic carbocycles. The van der Waals surface area contributed by atoms with Crippen LogP contribution < -0.4 is 5.73 Å². The Balaban J connectivity index is 1.77. The summed E-state index contributed by atoms with van der Waals surface area (Å²) in [5, 5.41) is 13.0. The fourth-order valence-corrected chi connectivity index (χ4v) is 8.60. The minimum absolute atomic E-state index is 0.0246. The Kier molecular flexibility index (Phi) is 8.95. The second-order valence-corrected chi connectivity index (χ2v) is 16.7. The van der Waals surface area contributed by atoms with E-state index < -0.39 is 55.3 Å². The Morgan fingerprint density at radius 2 is 1.42 bits per heavy atom. The molecule has 15 heteroatoms. The number of nitrogens with zero attached hydrogens (tertiary/aromatic N) is 1. The van der Waals surface area contributed by atoms with E-state index in [1.165, 1.54) is 66.7 Å². The number of fused-ring (bicyclic) bond motifs is 1. The van der Waals surface area contributed by atoms with Gasteiger partial charge in [-0.1, -0.05) is 75.0 Å². The number of nitrogens with two attached hydrogens (primary N) is 1. The normalized spacial score (nSPS) is 17.4. The zero-order valence-electron chi connectivity index (χ0n) is 23.4. The molecular formula is C30H23BrCl3FN2O6S2. The van der Waals surface area contributed by atoms with Gasteiger partial charge in [-0.25, -0.2) is 21.2 Å². The first-order valence-corrected chi connectivity index (χ1v) is 18.6. The first kappa shape index (κ1) is 33.8. The molecule has 0 radical (unpaired) electrons. The number of hydrogen-bond acceptors (Lipinski definition) is 7. The molecule has 4 aromatic rings. The van der Waals surface area contributed by atoms with Crippen molar-refractivity contribution in [2.24, 2.45) is 5.73 Å². The summed E-state index contributed by atoms with van der Waals surface area (Å²) in [5.41, 5.74) is 3.27. The first-order valence-electron chi connectivity index (χ1n) is 12.9. The topological polar surface area (TPSA) is 135 Å². The quantitative estimate of drug-likeness (QED) is 0.227. The number of hydrogen-bond donors (Lipinski definition) is 2. The lowest BCUT2D eigenvalue weighted by molar-refractivity contribution is -0.0566. The summed E-state index contributed by atoms with van der Waals surface area (Å²) in [6.07, 6.45) is 1.93. The summed E-state index contributed by atoms with van der Waals surface area (Å²) in [5.74, 6) is -1.91. The van der Waals surface area contributed by atoms with Gasteiger partial charge in [0.05, 0.1) is 33.5 Å². The molecule has 4 aromatic carbocycles. The van der Waals surface area contributed by atoms with Crippen LogP contribution in [0.1, 0.15) is 44.2 Å². The van der Waals surface area contributed by atoms with E-state index in [9.17, 15) is 26.7 Å². The number of halogens is 5. The average Bonchev–Trinajstić information content (AvgIpc) is 3.15. The van der Waals surface area contributed by atoms with Gasteiger partial charge in [0.25, 0.3) is 5.91 Å². The highest BCUT2D eigenvalue weighted by atomic mass is 79.9. The second-order valence-electron chi connectivity index (χ2n) is 10.5. The molecule has 1 amide bonds. The van der Waals surface area contributed by atoms with Crippen molar-refractivity contribution in [1.29, 1.82) is 0 Å². The van der Waals surface area contributed by atoms with Crippen molar-refractivity contribution in [3.63, 3.8) is 0 Å². The molecule has 0 spiro atoms. The van der Waals surface area contributed by atoms with Gasteiger partial charge >= 0.3 is 0 Å². The predicted molar refractivity (Wildman–Crippen MR) is 174 cm³/mol. The molecule has 8 nitrogen and oxygen atoms in total. The highest BCUT2D eigenvalue weighted by Crippen LogP contribution is 2.48. The maximum atomic E-state index is 17.0. The van der Waals surface area contributed by atoms with Gasteiger partial charge < -0.3 is 10.8 Å². The molecule has 0 fully saturated rings. The predicted octanol–water partition coefficient (Wildman–Crippen LogP) is 6.25. The summed E-state index contributed by atoms with van der Waals surface area (Å²) >= 11 is 21.5. The van der Waals surface area contributed by atoms with E-state index in [0.717, 1.165) is 17.4 Å². The van der Waals surface area contributed by atoms with Crippen LogP contribution in [0.3, 0.4) is 0 Å². The molecule has 3 N–H and O–H groups in total. The lowest BCUT2D eigenvalue weighted by atomic mass is 9.88. The third-order valence-corrected chi connectivity index (χ3v) is 11.2. The largest absolute Gasteiger partial charge is 0.363 e. The molecular weight excluding hydrogens is 754 g/mol. The minimum Gasteiger partial charge on any atom is -0.363 e. The maximum Gasteiger partial charge on any atom is 0.257 e. The Morgan fingerprint density at radius 3 is 2.00 bits per heavy atom. The van der Waals surface area contributed by atoms with E-state index in [4.69, 9.17) is 40.5 Å². The van der Waals surface area contributed by atoms with Crippen LogP contribution in [0.15, 0.2) is 81.0 Å². The standard InChI is InChI=1S/C30H23BrCl3FN2O6S2/c1-44(40,41)23-11-18(33)6-3-15(23)14-37-29(38)21-13-22(31)25(28(36)20-10-9-19(34)12-24(20)45(2,42)43)27(35)26(21)30(37,39)16-4-7-17(32)8-5-16/h3-13,28,39H,14,36H2,1-2H3. The molecule has 236 valence electrons. The van der Waals surface area contributed by atoms with Gasteiger partial charge in [-0.15, -0.1) is 0 Å². The number of rotatable bonds is 7. The van der Waals surface area contributed by atoms with E-state index in [0.29, 0.717) is 5.02 Å². The summed E-state index contributed by atoms with van der Waals surface area (Å²) in [6.45, 7) is -0.472.